The molecule has 1 amide bonds. The van der Waals surface area contributed by atoms with Gasteiger partial charge in [0.05, 0.1) is 22.8 Å². The summed E-state index contributed by atoms with van der Waals surface area (Å²) in [6, 6.07) is 16.4. The number of likely N-dealkylation sites (tertiary alicyclic amines) is 1. The Morgan fingerprint density at radius 2 is 2.12 bits per heavy atom. The minimum Gasteiger partial charge on any atom is -0.325 e. The van der Waals surface area contributed by atoms with Gasteiger partial charge in [-0.2, -0.15) is 0 Å². The maximum Gasteiger partial charge on any atom is 0.238 e. The third kappa shape index (κ3) is 3.79. The van der Waals surface area contributed by atoms with Crippen molar-refractivity contribution in [3.05, 3.63) is 59.1 Å². The van der Waals surface area contributed by atoms with E-state index in [2.05, 4.69) is 28.4 Å². The third-order valence-corrected chi connectivity index (χ3v) is 6.00. The van der Waals surface area contributed by atoms with Crippen LogP contribution in [-0.4, -0.2) is 28.9 Å². The summed E-state index contributed by atoms with van der Waals surface area (Å²) in [4.78, 5) is 19.7. The van der Waals surface area contributed by atoms with Crippen LogP contribution in [0, 0.1) is 6.92 Å². The number of hydrogen-bond acceptors (Lipinski definition) is 4. The van der Waals surface area contributed by atoms with Crippen LogP contribution in [-0.2, 0) is 4.79 Å². The molecular weight excluding hydrogens is 342 g/mol. The number of benzene rings is 2. The number of fused-ring (bicyclic) bond motifs is 1. The highest BCUT2D eigenvalue weighted by Crippen LogP contribution is 2.35. The van der Waals surface area contributed by atoms with Gasteiger partial charge in [0.15, 0.2) is 0 Å². The van der Waals surface area contributed by atoms with Crippen molar-refractivity contribution in [3.8, 4) is 0 Å². The molecule has 4 rings (SSSR count). The Labute approximate surface area is 157 Å². The highest BCUT2D eigenvalue weighted by atomic mass is 32.1. The second-order valence-electron chi connectivity index (χ2n) is 6.92. The van der Waals surface area contributed by atoms with Crippen LogP contribution >= 0.6 is 11.3 Å². The molecule has 3 aromatic rings. The van der Waals surface area contributed by atoms with Gasteiger partial charge in [0.1, 0.15) is 5.01 Å². The summed E-state index contributed by atoms with van der Waals surface area (Å²) in [6.07, 6.45) is 3.40. The first-order chi connectivity index (χ1) is 12.7. The second kappa shape index (κ2) is 7.56. The number of aromatic nitrogens is 1. The lowest BCUT2D eigenvalue weighted by Crippen LogP contribution is -2.39. The number of anilines is 1. The lowest BCUT2D eigenvalue weighted by Gasteiger charge is -2.33. The van der Waals surface area contributed by atoms with E-state index in [0.717, 1.165) is 41.2 Å². The van der Waals surface area contributed by atoms with Crippen LogP contribution in [0.25, 0.3) is 10.2 Å². The summed E-state index contributed by atoms with van der Waals surface area (Å²) in [5, 5.41) is 4.16. The molecule has 5 heteroatoms. The zero-order chi connectivity index (χ0) is 17.9. The van der Waals surface area contributed by atoms with Crippen molar-refractivity contribution in [2.24, 2.45) is 0 Å². The van der Waals surface area contributed by atoms with Crippen LogP contribution in [0.3, 0.4) is 0 Å². The van der Waals surface area contributed by atoms with Crippen LogP contribution in [0.4, 0.5) is 5.69 Å². The molecule has 0 saturated carbocycles. The maximum absolute atomic E-state index is 12.6. The smallest absolute Gasteiger partial charge is 0.238 e. The molecule has 2 aromatic carbocycles. The van der Waals surface area contributed by atoms with Crippen LogP contribution in [0.2, 0.25) is 0 Å². The molecule has 2 heterocycles. The van der Waals surface area contributed by atoms with Crippen molar-refractivity contribution in [1.29, 1.82) is 0 Å². The number of nitrogens with zero attached hydrogens (tertiary/aromatic N) is 2. The maximum atomic E-state index is 12.6. The number of aryl methyl sites for hydroxylation is 1. The quantitative estimate of drug-likeness (QED) is 0.724. The zero-order valence-corrected chi connectivity index (χ0v) is 15.8. The fourth-order valence-corrected chi connectivity index (χ4v) is 4.74. The second-order valence-corrected chi connectivity index (χ2v) is 7.98. The van der Waals surface area contributed by atoms with Gasteiger partial charge < -0.3 is 5.32 Å². The Balaban J connectivity index is 1.49. The Kier molecular flexibility index (Phi) is 5.00. The Morgan fingerprint density at radius 3 is 2.96 bits per heavy atom. The molecule has 1 aliphatic heterocycles. The molecule has 1 fully saturated rings. The lowest BCUT2D eigenvalue weighted by molar-refractivity contribution is -0.118. The molecular formula is C21H23N3OS. The number of hydrogen-bond donors (Lipinski definition) is 1. The van der Waals surface area contributed by atoms with E-state index in [9.17, 15) is 4.79 Å². The fourth-order valence-electron chi connectivity index (χ4n) is 3.60. The van der Waals surface area contributed by atoms with Crippen molar-refractivity contribution < 1.29 is 4.79 Å². The Bertz CT molecular complexity index is 887. The SMILES string of the molecule is Cc1cccc(NC(=O)CN2CCCC[C@@H]2c2nc3ccccc3s2)c1. The topological polar surface area (TPSA) is 45.2 Å². The van der Waals surface area contributed by atoms with Gasteiger partial charge in [-0.25, -0.2) is 4.98 Å². The number of rotatable bonds is 4. The van der Waals surface area contributed by atoms with Crippen molar-refractivity contribution in [2.75, 3.05) is 18.4 Å². The predicted octanol–water partition coefficient (Wildman–Crippen LogP) is 4.77. The number of piperidine rings is 1. The van der Waals surface area contributed by atoms with Gasteiger partial charge in [0.2, 0.25) is 5.91 Å². The van der Waals surface area contributed by atoms with Crippen LogP contribution in [0.5, 0.6) is 0 Å². The van der Waals surface area contributed by atoms with Crippen LogP contribution in [0.15, 0.2) is 48.5 Å². The van der Waals surface area contributed by atoms with E-state index >= 15 is 0 Å². The van der Waals surface area contributed by atoms with Gasteiger partial charge in [-0.3, -0.25) is 9.69 Å². The van der Waals surface area contributed by atoms with Crippen LogP contribution < -0.4 is 5.32 Å². The minimum absolute atomic E-state index is 0.0450. The average molecular weight is 366 g/mol. The molecule has 0 unspecified atom stereocenters. The van der Waals surface area contributed by atoms with E-state index in [1.165, 1.54) is 11.1 Å². The van der Waals surface area contributed by atoms with E-state index in [1.807, 2.05) is 37.3 Å². The van der Waals surface area contributed by atoms with E-state index in [0.29, 0.717) is 6.54 Å². The molecule has 134 valence electrons. The summed E-state index contributed by atoms with van der Waals surface area (Å²) in [5.41, 5.74) is 3.07. The number of amides is 1. The lowest BCUT2D eigenvalue weighted by atomic mass is 10.0. The van der Waals surface area contributed by atoms with Gasteiger partial charge in [-0.1, -0.05) is 30.7 Å². The number of thiazole rings is 1. The summed E-state index contributed by atoms with van der Waals surface area (Å²) in [7, 11) is 0. The highest BCUT2D eigenvalue weighted by molar-refractivity contribution is 7.18. The summed E-state index contributed by atoms with van der Waals surface area (Å²) in [6.45, 7) is 3.39. The standard InChI is InChI=1S/C21H23N3OS/c1-15-7-6-8-16(13-15)22-20(25)14-24-12-5-4-10-18(24)21-23-17-9-2-3-11-19(17)26-21/h2-3,6-9,11,13,18H,4-5,10,12,14H2,1H3,(H,22,25)/t18-/m1/s1. The fraction of sp³-hybridized carbons (Fsp3) is 0.333. The average Bonchev–Trinajstić information content (AvgIpc) is 3.06. The molecule has 1 aliphatic rings. The number of nitrogens with one attached hydrogen (secondary N) is 1. The van der Waals surface area contributed by atoms with Crippen molar-refractivity contribution in [1.82, 2.24) is 9.88 Å². The summed E-state index contributed by atoms with van der Waals surface area (Å²) >= 11 is 1.76. The summed E-state index contributed by atoms with van der Waals surface area (Å²) in [5.74, 6) is 0.0450. The molecule has 4 nitrogen and oxygen atoms in total. The molecule has 0 bridgehead atoms. The molecule has 1 N–H and O–H groups in total. The zero-order valence-electron chi connectivity index (χ0n) is 14.9. The van der Waals surface area contributed by atoms with Gasteiger partial charge >= 0.3 is 0 Å². The first-order valence-corrected chi connectivity index (χ1v) is 9.97. The number of para-hydroxylation sites is 1. The molecule has 1 atom stereocenters. The molecule has 0 radical (unpaired) electrons. The molecule has 26 heavy (non-hydrogen) atoms. The Hall–Kier alpha value is -2.24. The minimum atomic E-state index is 0.0450. The van der Waals surface area contributed by atoms with Gasteiger partial charge in [0.25, 0.3) is 0 Å². The normalized spacial score (nSPS) is 18.1. The Morgan fingerprint density at radius 1 is 1.23 bits per heavy atom. The largest absolute Gasteiger partial charge is 0.325 e. The predicted molar refractivity (Wildman–Crippen MR) is 108 cm³/mol. The van der Waals surface area contributed by atoms with Crippen molar-refractivity contribution in [3.63, 3.8) is 0 Å². The first-order valence-electron chi connectivity index (χ1n) is 9.15. The van der Waals surface area contributed by atoms with Crippen molar-refractivity contribution >= 4 is 33.1 Å². The van der Waals surface area contributed by atoms with E-state index < -0.39 is 0 Å². The van der Waals surface area contributed by atoms with E-state index in [-0.39, 0.29) is 11.9 Å². The van der Waals surface area contributed by atoms with E-state index in [1.54, 1.807) is 11.3 Å². The summed E-state index contributed by atoms with van der Waals surface area (Å²) < 4.78 is 1.22. The monoisotopic (exact) mass is 365 g/mol. The molecule has 1 saturated heterocycles. The molecule has 0 spiro atoms. The van der Waals surface area contributed by atoms with Gasteiger partial charge in [0, 0.05) is 5.69 Å². The first kappa shape index (κ1) is 17.2. The molecule has 1 aromatic heterocycles. The highest BCUT2D eigenvalue weighted by Gasteiger charge is 2.28. The van der Waals surface area contributed by atoms with E-state index in [4.69, 9.17) is 4.98 Å². The van der Waals surface area contributed by atoms with Crippen LogP contribution in [0.1, 0.15) is 35.9 Å². The van der Waals surface area contributed by atoms with Gasteiger partial charge in [-0.05, 0) is 56.1 Å². The molecule has 0 aliphatic carbocycles. The van der Waals surface area contributed by atoms with Gasteiger partial charge in [-0.15, -0.1) is 11.3 Å². The number of carbonyl (C=O) groups excluding carboxylic acids is 1. The third-order valence-electron chi connectivity index (χ3n) is 4.86. The van der Waals surface area contributed by atoms with Crippen molar-refractivity contribution in [2.45, 2.75) is 32.2 Å². The number of carbonyl (C=O) groups is 1.